The molecule has 180 valence electrons. The molecule has 3 N–H and O–H groups in total. The minimum Gasteiger partial charge on any atom is -0.490 e. The average molecular weight is 461 g/mol. The highest BCUT2D eigenvalue weighted by Crippen LogP contribution is 2.28. The molecule has 2 aromatic rings. The van der Waals surface area contributed by atoms with Gasteiger partial charge in [-0.15, -0.1) is 0 Å². The Morgan fingerprint density at radius 3 is 2.24 bits per heavy atom. The fourth-order valence-electron chi connectivity index (χ4n) is 2.94. The summed E-state index contributed by atoms with van der Waals surface area (Å²) >= 11 is 0. The molecular formula is C23H32N4O6. The van der Waals surface area contributed by atoms with Crippen LogP contribution >= 0.6 is 0 Å². The van der Waals surface area contributed by atoms with Gasteiger partial charge < -0.3 is 19.2 Å². The predicted molar refractivity (Wildman–Crippen MR) is 122 cm³/mol. The zero-order valence-corrected chi connectivity index (χ0v) is 19.5. The molecule has 0 bridgehead atoms. The van der Waals surface area contributed by atoms with Crippen molar-refractivity contribution in [3.63, 3.8) is 0 Å². The second-order valence-electron chi connectivity index (χ2n) is 6.94. The second-order valence-corrected chi connectivity index (χ2v) is 6.94. The SMILES string of the molecule is CCOc1ccc(C(=O)NCC(=O)NNC(=O)c2ccc(CN(CC)CC)o2)cc1OCC. The minimum atomic E-state index is -0.595. The summed E-state index contributed by atoms with van der Waals surface area (Å²) < 4.78 is 16.5. The third-order valence-electron chi connectivity index (χ3n) is 4.69. The summed E-state index contributed by atoms with van der Waals surface area (Å²) in [6.45, 7) is 10.6. The van der Waals surface area contributed by atoms with Crippen molar-refractivity contribution in [2.24, 2.45) is 0 Å². The van der Waals surface area contributed by atoms with E-state index >= 15 is 0 Å². The van der Waals surface area contributed by atoms with Crippen LogP contribution in [0.4, 0.5) is 0 Å². The molecule has 10 nitrogen and oxygen atoms in total. The van der Waals surface area contributed by atoms with E-state index in [2.05, 4.69) is 21.1 Å². The Kier molecular flexibility index (Phi) is 10.2. The molecular weight excluding hydrogens is 428 g/mol. The third-order valence-corrected chi connectivity index (χ3v) is 4.69. The number of nitrogens with one attached hydrogen (secondary N) is 3. The van der Waals surface area contributed by atoms with Crippen molar-refractivity contribution in [3.8, 4) is 11.5 Å². The molecule has 0 radical (unpaired) electrons. The molecule has 0 aliphatic heterocycles. The summed E-state index contributed by atoms with van der Waals surface area (Å²) in [5.41, 5.74) is 4.83. The lowest BCUT2D eigenvalue weighted by molar-refractivity contribution is -0.120. The van der Waals surface area contributed by atoms with Crippen molar-refractivity contribution in [3.05, 3.63) is 47.4 Å². The second kappa shape index (κ2) is 13.1. The molecule has 0 unspecified atom stereocenters. The average Bonchev–Trinajstić information content (AvgIpc) is 3.29. The summed E-state index contributed by atoms with van der Waals surface area (Å²) in [7, 11) is 0. The van der Waals surface area contributed by atoms with Crippen LogP contribution in [0.3, 0.4) is 0 Å². The fraction of sp³-hybridized carbons (Fsp3) is 0.435. The lowest BCUT2D eigenvalue weighted by Crippen LogP contribution is -2.46. The van der Waals surface area contributed by atoms with Gasteiger partial charge in [-0.2, -0.15) is 0 Å². The molecule has 0 aliphatic carbocycles. The van der Waals surface area contributed by atoms with Crippen molar-refractivity contribution >= 4 is 17.7 Å². The number of benzene rings is 1. The number of hydrogen-bond acceptors (Lipinski definition) is 7. The first-order valence-corrected chi connectivity index (χ1v) is 11.0. The van der Waals surface area contributed by atoms with Gasteiger partial charge in [-0.25, -0.2) is 0 Å². The van der Waals surface area contributed by atoms with Crippen LogP contribution in [0.1, 0.15) is 54.4 Å². The summed E-state index contributed by atoms with van der Waals surface area (Å²) in [4.78, 5) is 38.7. The molecule has 2 rings (SSSR count). The van der Waals surface area contributed by atoms with Crippen LogP contribution in [-0.4, -0.2) is 55.5 Å². The topological polar surface area (TPSA) is 122 Å². The Balaban J connectivity index is 1.83. The van der Waals surface area contributed by atoms with Crippen molar-refractivity contribution in [1.29, 1.82) is 0 Å². The third kappa shape index (κ3) is 7.83. The number of furan rings is 1. The zero-order valence-electron chi connectivity index (χ0n) is 19.5. The Morgan fingerprint density at radius 2 is 1.58 bits per heavy atom. The van der Waals surface area contributed by atoms with Crippen LogP contribution in [0.15, 0.2) is 34.7 Å². The van der Waals surface area contributed by atoms with Crippen LogP contribution in [-0.2, 0) is 11.3 Å². The van der Waals surface area contributed by atoms with Crippen LogP contribution in [0.5, 0.6) is 11.5 Å². The van der Waals surface area contributed by atoms with Gasteiger partial charge in [0, 0.05) is 5.56 Å². The molecule has 0 saturated carbocycles. The largest absolute Gasteiger partial charge is 0.490 e. The number of hydrogen-bond donors (Lipinski definition) is 3. The first-order valence-electron chi connectivity index (χ1n) is 11.0. The van der Waals surface area contributed by atoms with E-state index in [1.807, 2.05) is 27.7 Å². The standard InChI is InChI=1S/C23H32N4O6/c1-5-27(6-2)15-17-10-12-19(33-17)23(30)26-25-21(28)14-24-22(29)16-9-11-18(31-7-3)20(13-16)32-8-4/h9-13H,5-8,14-15H2,1-4H3,(H,24,29)(H,25,28)(H,26,30). The molecule has 0 spiro atoms. The van der Waals surface area contributed by atoms with Crippen molar-refractivity contribution in [2.75, 3.05) is 32.8 Å². The van der Waals surface area contributed by atoms with Crippen LogP contribution in [0.2, 0.25) is 0 Å². The lowest BCUT2D eigenvalue weighted by atomic mass is 10.2. The Hall–Kier alpha value is -3.53. The molecule has 33 heavy (non-hydrogen) atoms. The number of amides is 3. The molecule has 0 aliphatic rings. The van der Waals surface area contributed by atoms with Gasteiger partial charge in [-0.1, -0.05) is 13.8 Å². The Labute approximate surface area is 193 Å². The van der Waals surface area contributed by atoms with Crippen molar-refractivity contribution in [1.82, 2.24) is 21.1 Å². The highest BCUT2D eigenvalue weighted by atomic mass is 16.5. The molecule has 10 heteroatoms. The van der Waals surface area contributed by atoms with E-state index in [1.165, 1.54) is 0 Å². The van der Waals surface area contributed by atoms with E-state index in [4.69, 9.17) is 13.9 Å². The van der Waals surface area contributed by atoms with Crippen LogP contribution in [0, 0.1) is 0 Å². The van der Waals surface area contributed by atoms with Gasteiger partial charge in [0.1, 0.15) is 5.76 Å². The van der Waals surface area contributed by atoms with E-state index in [1.54, 1.807) is 30.3 Å². The fourth-order valence-corrected chi connectivity index (χ4v) is 2.94. The zero-order chi connectivity index (χ0) is 24.2. The van der Waals surface area contributed by atoms with Crippen molar-refractivity contribution < 1.29 is 28.3 Å². The van der Waals surface area contributed by atoms with Crippen LogP contribution in [0.25, 0.3) is 0 Å². The first-order chi connectivity index (χ1) is 15.9. The maximum Gasteiger partial charge on any atom is 0.305 e. The normalized spacial score (nSPS) is 10.6. The Morgan fingerprint density at radius 1 is 0.879 bits per heavy atom. The molecule has 1 aromatic heterocycles. The maximum absolute atomic E-state index is 12.4. The summed E-state index contributed by atoms with van der Waals surface area (Å²) in [6, 6.07) is 8.04. The van der Waals surface area contributed by atoms with Gasteiger partial charge in [0.2, 0.25) is 0 Å². The quantitative estimate of drug-likeness (QED) is 0.415. The lowest BCUT2D eigenvalue weighted by Gasteiger charge is -2.15. The van der Waals surface area contributed by atoms with E-state index in [-0.39, 0.29) is 12.3 Å². The minimum absolute atomic E-state index is 0.0827. The molecule has 3 amide bonds. The summed E-state index contributed by atoms with van der Waals surface area (Å²) in [5, 5.41) is 2.49. The van der Waals surface area contributed by atoms with Gasteiger partial charge >= 0.3 is 5.91 Å². The Bertz CT molecular complexity index is 939. The number of rotatable bonds is 12. The van der Waals surface area contributed by atoms with Gasteiger partial charge in [-0.3, -0.25) is 30.1 Å². The molecule has 0 fully saturated rings. The number of nitrogens with zero attached hydrogens (tertiary/aromatic N) is 1. The van der Waals surface area contributed by atoms with Crippen LogP contribution < -0.4 is 25.6 Å². The predicted octanol–water partition coefficient (Wildman–Crippen LogP) is 2.11. The smallest absolute Gasteiger partial charge is 0.305 e. The maximum atomic E-state index is 12.4. The van der Waals surface area contributed by atoms with Gasteiger partial charge in [0.05, 0.1) is 26.3 Å². The number of carbonyl (C=O) groups excluding carboxylic acids is 3. The monoisotopic (exact) mass is 460 g/mol. The molecule has 0 saturated heterocycles. The van der Waals surface area contributed by atoms with Gasteiger partial charge in [-0.05, 0) is 57.3 Å². The number of ether oxygens (including phenoxy) is 2. The first kappa shape index (κ1) is 25.7. The molecule has 0 atom stereocenters. The van der Waals surface area contributed by atoms with E-state index in [9.17, 15) is 14.4 Å². The van der Waals surface area contributed by atoms with E-state index in [0.29, 0.717) is 42.6 Å². The van der Waals surface area contributed by atoms with Crippen molar-refractivity contribution in [2.45, 2.75) is 34.2 Å². The van der Waals surface area contributed by atoms with E-state index in [0.717, 1.165) is 13.1 Å². The number of carbonyl (C=O) groups is 3. The molecule has 1 heterocycles. The highest BCUT2D eigenvalue weighted by molar-refractivity contribution is 5.97. The summed E-state index contributed by atoms with van der Waals surface area (Å²) in [5.74, 6) is 0.0732. The van der Waals surface area contributed by atoms with E-state index < -0.39 is 17.7 Å². The number of hydrazine groups is 1. The summed E-state index contributed by atoms with van der Waals surface area (Å²) in [6.07, 6.45) is 0. The highest BCUT2D eigenvalue weighted by Gasteiger charge is 2.15. The van der Waals surface area contributed by atoms with Gasteiger partial charge in [0.25, 0.3) is 11.8 Å². The van der Waals surface area contributed by atoms with Gasteiger partial charge in [0.15, 0.2) is 17.3 Å². The molecule has 1 aromatic carbocycles.